The highest BCUT2D eigenvalue weighted by atomic mass is 35.5. The van der Waals surface area contributed by atoms with Gasteiger partial charge in [0.05, 0.1) is 11.9 Å². The maximum Gasteiger partial charge on any atom is 0.157 e. The fourth-order valence-electron chi connectivity index (χ4n) is 4.16. The van der Waals surface area contributed by atoms with Crippen molar-refractivity contribution in [2.24, 2.45) is 5.92 Å². The molecule has 5 nitrogen and oxygen atoms in total. The zero-order valence-corrected chi connectivity index (χ0v) is 16.3. The van der Waals surface area contributed by atoms with E-state index in [4.69, 9.17) is 0 Å². The SMILES string of the molecule is Cl.Cl.Fc1ccccc1-c1cc(N2C[C@@H]3CCCN[C@@H]3C2)n2nccc2n1. The number of halogens is 3. The summed E-state index contributed by atoms with van der Waals surface area (Å²) in [5, 5.41) is 8.07. The number of aromatic nitrogens is 3. The Hall–Kier alpha value is -1.89. The zero-order valence-electron chi connectivity index (χ0n) is 14.7. The Morgan fingerprint density at radius 2 is 1.96 bits per heavy atom. The molecule has 0 spiro atoms. The third-order valence-corrected chi connectivity index (χ3v) is 5.41. The van der Waals surface area contributed by atoms with E-state index in [1.807, 2.05) is 22.7 Å². The summed E-state index contributed by atoms with van der Waals surface area (Å²) in [6.07, 6.45) is 4.25. The standard InChI is InChI=1S/C19H20FN5.2ClH/c20-15-6-2-1-5-14(15)16-10-19(25-18(23-16)7-9-22-25)24-11-13-4-3-8-21-17(13)12-24;;/h1-2,5-7,9-10,13,17,21H,3-4,8,11-12H2;2*1H/t13-,17+;;/m0../s1. The lowest BCUT2D eigenvalue weighted by molar-refractivity contribution is 0.340. The molecule has 5 rings (SSSR count). The van der Waals surface area contributed by atoms with E-state index >= 15 is 0 Å². The van der Waals surface area contributed by atoms with Crippen LogP contribution < -0.4 is 10.2 Å². The van der Waals surface area contributed by atoms with Gasteiger partial charge in [-0.1, -0.05) is 12.1 Å². The molecule has 1 N–H and O–H groups in total. The molecule has 3 aromatic rings. The van der Waals surface area contributed by atoms with Crippen molar-refractivity contribution < 1.29 is 4.39 Å². The minimum Gasteiger partial charge on any atom is -0.355 e. The van der Waals surface area contributed by atoms with Crippen LogP contribution in [0, 0.1) is 11.7 Å². The molecule has 2 fully saturated rings. The smallest absolute Gasteiger partial charge is 0.157 e. The molecule has 1 aromatic carbocycles. The van der Waals surface area contributed by atoms with Gasteiger partial charge in [0.1, 0.15) is 11.6 Å². The summed E-state index contributed by atoms with van der Waals surface area (Å²) >= 11 is 0. The van der Waals surface area contributed by atoms with Crippen molar-refractivity contribution in [3.8, 4) is 11.3 Å². The summed E-state index contributed by atoms with van der Waals surface area (Å²) < 4.78 is 16.1. The van der Waals surface area contributed by atoms with Gasteiger partial charge in [0.15, 0.2) is 5.65 Å². The van der Waals surface area contributed by atoms with Crippen LogP contribution in [0.1, 0.15) is 12.8 Å². The van der Waals surface area contributed by atoms with Gasteiger partial charge in [0.2, 0.25) is 0 Å². The largest absolute Gasteiger partial charge is 0.355 e. The van der Waals surface area contributed by atoms with Crippen molar-refractivity contribution in [3.05, 3.63) is 48.4 Å². The number of hydrogen-bond donors (Lipinski definition) is 1. The Bertz CT molecular complexity index is 917. The number of benzene rings is 1. The number of piperidine rings is 1. The number of nitrogens with one attached hydrogen (secondary N) is 1. The highest BCUT2D eigenvalue weighted by Gasteiger charge is 2.35. The molecule has 2 saturated heterocycles. The molecule has 144 valence electrons. The van der Waals surface area contributed by atoms with Gasteiger partial charge in [-0.2, -0.15) is 9.61 Å². The number of hydrogen-bond acceptors (Lipinski definition) is 4. The Labute approximate surface area is 169 Å². The van der Waals surface area contributed by atoms with Crippen LogP contribution in [0.3, 0.4) is 0 Å². The van der Waals surface area contributed by atoms with Gasteiger partial charge in [0, 0.05) is 36.8 Å². The monoisotopic (exact) mass is 409 g/mol. The molecule has 0 radical (unpaired) electrons. The minimum absolute atomic E-state index is 0. The summed E-state index contributed by atoms with van der Waals surface area (Å²) in [7, 11) is 0. The van der Waals surface area contributed by atoms with Crippen LogP contribution in [0.25, 0.3) is 16.9 Å². The highest BCUT2D eigenvalue weighted by Crippen LogP contribution is 2.32. The molecule has 2 aliphatic rings. The molecule has 0 bridgehead atoms. The molecule has 2 aromatic heterocycles. The van der Waals surface area contributed by atoms with Crippen LogP contribution in [0.5, 0.6) is 0 Å². The maximum absolute atomic E-state index is 14.3. The second-order valence-corrected chi connectivity index (χ2v) is 6.95. The first-order chi connectivity index (χ1) is 12.3. The molecule has 2 aliphatic heterocycles. The van der Waals surface area contributed by atoms with Crippen molar-refractivity contribution in [3.63, 3.8) is 0 Å². The summed E-state index contributed by atoms with van der Waals surface area (Å²) in [5.74, 6) is 1.41. The average molecular weight is 410 g/mol. The molecule has 2 atom stereocenters. The van der Waals surface area contributed by atoms with Gasteiger partial charge in [-0.25, -0.2) is 9.37 Å². The Morgan fingerprint density at radius 1 is 1.11 bits per heavy atom. The first kappa shape index (κ1) is 19.9. The molecule has 27 heavy (non-hydrogen) atoms. The predicted molar refractivity (Wildman–Crippen MR) is 110 cm³/mol. The molecular weight excluding hydrogens is 388 g/mol. The fourth-order valence-corrected chi connectivity index (χ4v) is 4.16. The van der Waals surface area contributed by atoms with Gasteiger partial charge in [-0.05, 0) is 37.4 Å². The second-order valence-electron chi connectivity index (χ2n) is 6.95. The summed E-state index contributed by atoms with van der Waals surface area (Å²) in [5.41, 5.74) is 1.93. The van der Waals surface area contributed by atoms with E-state index < -0.39 is 0 Å². The average Bonchev–Trinajstić information content (AvgIpc) is 3.27. The zero-order chi connectivity index (χ0) is 16.8. The third-order valence-electron chi connectivity index (χ3n) is 5.41. The van der Waals surface area contributed by atoms with E-state index in [1.54, 1.807) is 18.3 Å². The van der Waals surface area contributed by atoms with Gasteiger partial charge in [-0.3, -0.25) is 0 Å². The van der Waals surface area contributed by atoms with Crippen molar-refractivity contribution in [2.75, 3.05) is 24.5 Å². The van der Waals surface area contributed by atoms with Crippen molar-refractivity contribution in [1.29, 1.82) is 0 Å². The summed E-state index contributed by atoms with van der Waals surface area (Å²) in [6.45, 7) is 3.07. The lowest BCUT2D eigenvalue weighted by Crippen LogP contribution is -2.40. The summed E-state index contributed by atoms with van der Waals surface area (Å²) in [4.78, 5) is 6.97. The number of rotatable bonds is 2. The molecule has 8 heteroatoms. The van der Waals surface area contributed by atoms with Gasteiger partial charge >= 0.3 is 0 Å². The summed E-state index contributed by atoms with van der Waals surface area (Å²) in [6, 6.07) is 11.2. The first-order valence-electron chi connectivity index (χ1n) is 8.87. The van der Waals surface area contributed by atoms with Crippen LogP contribution in [-0.2, 0) is 0 Å². The molecule has 4 heterocycles. The normalized spacial score (nSPS) is 21.4. The maximum atomic E-state index is 14.3. The van der Waals surface area contributed by atoms with Crippen LogP contribution >= 0.6 is 24.8 Å². The van der Waals surface area contributed by atoms with Crippen LogP contribution in [0.4, 0.5) is 10.2 Å². The van der Waals surface area contributed by atoms with Crippen molar-refractivity contribution in [2.45, 2.75) is 18.9 Å². The Morgan fingerprint density at radius 3 is 2.78 bits per heavy atom. The highest BCUT2D eigenvalue weighted by molar-refractivity contribution is 5.85. The van der Waals surface area contributed by atoms with Crippen molar-refractivity contribution >= 4 is 36.3 Å². The van der Waals surface area contributed by atoms with Crippen LogP contribution in [0.15, 0.2) is 42.6 Å². The van der Waals surface area contributed by atoms with E-state index in [2.05, 4.69) is 20.3 Å². The van der Waals surface area contributed by atoms with Gasteiger partial charge in [-0.15, -0.1) is 24.8 Å². The second kappa shape index (κ2) is 8.00. The van der Waals surface area contributed by atoms with E-state index in [1.165, 1.54) is 18.9 Å². The van der Waals surface area contributed by atoms with Crippen LogP contribution in [0.2, 0.25) is 0 Å². The van der Waals surface area contributed by atoms with Crippen LogP contribution in [-0.4, -0.2) is 40.3 Å². The molecule has 0 aliphatic carbocycles. The van der Waals surface area contributed by atoms with E-state index in [-0.39, 0.29) is 30.6 Å². The first-order valence-corrected chi connectivity index (χ1v) is 8.87. The number of anilines is 1. The predicted octanol–water partition coefficient (Wildman–Crippen LogP) is 3.57. The third kappa shape index (κ3) is 3.49. The topological polar surface area (TPSA) is 45.5 Å². The van der Waals surface area contributed by atoms with E-state index in [0.717, 1.165) is 31.1 Å². The minimum atomic E-state index is -0.249. The Balaban J connectivity index is 0.00000105. The van der Waals surface area contributed by atoms with E-state index in [0.29, 0.717) is 23.2 Å². The van der Waals surface area contributed by atoms with Gasteiger partial charge < -0.3 is 10.2 Å². The van der Waals surface area contributed by atoms with Gasteiger partial charge in [0.25, 0.3) is 0 Å². The lowest BCUT2D eigenvalue weighted by Gasteiger charge is -2.24. The molecule has 0 unspecified atom stereocenters. The molecular formula is C19H22Cl2FN5. The number of fused-ring (bicyclic) bond motifs is 2. The van der Waals surface area contributed by atoms with Crippen molar-refractivity contribution in [1.82, 2.24) is 19.9 Å². The van der Waals surface area contributed by atoms with E-state index in [9.17, 15) is 4.39 Å². The number of nitrogens with zero attached hydrogens (tertiary/aromatic N) is 4. The quantitative estimate of drug-likeness (QED) is 0.702. The Kier molecular flexibility index (Phi) is 5.89. The molecule has 0 saturated carbocycles. The fraction of sp³-hybridized carbons (Fsp3) is 0.368. The molecule has 0 amide bonds. The lowest BCUT2D eigenvalue weighted by atomic mass is 9.94.